The van der Waals surface area contributed by atoms with E-state index >= 15 is 0 Å². The van der Waals surface area contributed by atoms with Crippen molar-refractivity contribution >= 4 is 5.97 Å². The lowest BCUT2D eigenvalue weighted by atomic mass is 10.0. The Balaban J connectivity index is 4.43. The van der Waals surface area contributed by atoms with Gasteiger partial charge in [-0.15, -0.1) is 0 Å². The number of hydrogen-bond acceptors (Lipinski definition) is 2. The highest BCUT2D eigenvalue weighted by Crippen LogP contribution is 2.16. The lowest BCUT2D eigenvalue weighted by Crippen LogP contribution is -2.26. The fourth-order valence-electron chi connectivity index (χ4n) is 1.02. The number of ether oxygens (including phenoxy) is 1. The summed E-state index contributed by atoms with van der Waals surface area (Å²) in [6, 6.07) is 0. The van der Waals surface area contributed by atoms with E-state index in [1.54, 1.807) is 0 Å². The van der Waals surface area contributed by atoms with Crippen LogP contribution in [0, 0.1) is 5.92 Å². The van der Waals surface area contributed by atoms with E-state index in [9.17, 15) is 4.79 Å². The Morgan fingerprint density at radius 1 is 1.31 bits per heavy atom. The van der Waals surface area contributed by atoms with Crippen LogP contribution in [0.3, 0.4) is 0 Å². The number of hydrogen-bond donors (Lipinski definition) is 0. The highest BCUT2D eigenvalue weighted by molar-refractivity contribution is 5.89. The Labute approximate surface area is 81.0 Å². The molecule has 0 atom stereocenters. The minimum Gasteiger partial charge on any atom is -0.457 e. The molecule has 0 saturated heterocycles. The van der Waals surface area contributed by atoms with Gasteiger partial charge in [-0.05, 0) is 33.6 Å². The van der Waals surface area contributed by atoms with Crippen LogP contribution in [-0.2, 0) is 9.53 Å². The lowest BCUT2D eigenvalue weighted by Gasteiger charge is -2.21. The second-order valence-corrected chi connectivity index (χ2v) is 4.40. The molecule has 0 radical (unpaired) electrons. The van der Waals surface area contributed by atoms with Crippen molar-refractivity contribution in [2.24, 2.45) is 5.92 Å². The van der Waals surface area contributed by atoms with Gasteiger partial charge in [-0.3, -0.25) is 0 Å². The standard InChI is InChI=1S/C11H20O2/c1-7-9(8(2)3)10(12)13-11(4,5)6/h7-8H,1-6H3. The monoisotopic (exact) mass is 184 g/mol. The normalized spacial score (nSPS) is 13.3. The number of carbonyl (C=O) groups excluding carboxylic acids is 1. The van der Waals surface area contributed by atoms with E-state index in [-0.39, 0.29) is 11.9 Å². The van der Waals surface area contributed by atoms with E-state index < -0.39 is 5.60 Å². The number of allylic oxidation sites excluding steroid dienone is 1. The maximum absolute atomic E-state index is 11.5. The van der Waals surface area contributed by atoms with Crippen molar-refractivity contribution < 1.29 is 9.53 Å². The SMILES string of the molecule is CC=C(C(=O)OC(C)(C)C)C(C)C. The van der Waals surface area contributed by atoms with Gasteiger partial charge in [0.25, 0.3) is 0 Å². The minimum absolute atomic E-state index is 0.204. The number of esters is 1. The molecule has 76 valence electrons. The van der Waals surface area contributed by atoms with Crippen molar-refractivity contribution in [3.63, 3.8) is 0 Å². The van der Waals surface area contributed by atoms with Gasteiger partial charge in [0.2, 0.25) is 0 Å². The van der Waals surface area contributed by atoms with Gasteiger partial charge in [-0.1, -0.05) is 19.9 Å². The molecular formula is C11H20O2. The fraction of sp³-hybridized carbons (Fsp3) is 0.727. The molecule has 13 heavy (non-hydrogen) atoms. The molecule has 0 bridgehead atoms. The van der Waals surface area contributed by atoms with E-state index in [1.165, 1.54) is 0 Å². The second-order valence-electron chi connectivity index (χ2n) is 4.40. The Morgan fingerprint density at radius 3 is 2.00 bits per heavy atom. The van der Waals surface area contributed by atoms with Gasteiger partial charge in [0, 0.05) is 5.57 Å². The average Bonchev–Trinajstić information content (AvgIpc) is 1.82. The highest BCUT2D eigenvalue weighted by Gasteiger charge is 2.20. The Kier molecular flexibility index (Phi) is 4.18. The van der Waals surface area contributed by atoms with Crippen LogP contribution in [0.5, 0.6) is 0 Å². The van der Waals surface area contributed by atoms with E-state index in [0.717, 1.165) is 5.57 Å². The van der Waals surface area contributed by atoms with Crippen LogP contribution in [0.15, 0.2) is 11.6 Å². The first-order valence-electron chi connectivity index (χ1n) is 4.67. The third kappa shape index (κ3) is 4.71. The minimum atomic E-state index is -0.403. The van der Waals surface area contributed by atoms with Crippen molar-refractivity contribution in [3.8, 4) is 0 Å². The zero-order valence-electron chi connectivity index (χ0n) is 9.47. The highest BCUT2D eigenvalue weighted by atomic mass is 16.6. The summed E-state index contributed by atoms with van der Waals surface area (Å²) in [5.74, 6) is 0.0184. The van der Waals surface area contributed by atoms with Gasteiger partial charge in [0.05, 0.1) is 0 Å². The first kappa shape index (κ1) is 12.2. The molecule has 0 amide bonds. The molecule has 0 fully saturated rings. The summed E-state index contributed by atoms with van der Waals surface area (Å²) < 4.78 is 5.24. The summed E-state index contributed by atoms with van der Waals surface area (Å²) in [5, 5.41) is 0. The van der Waals surface area contributed by atoms with E-state index in [0.29, 0.717) is 0 Å². The smallest absolute Gasteiger partial charge is 0.334 e. The van der Waals surface area contributed by atoms with E-state index in [2.05, 4.69) is 0 Å². The largest absolute Gasteiger partial charge is 0.457 e. The van der Waals surface area contributed by atoms with Crippen LogP contribution in [0.1, 0.15) is 41.5 Å². The molecule has 0 heterocycles. The van der Waals surface area contributed by atoms with Crippen molar-refractivity contribution in [2.75, 3.05) is 0 Å². The predicted octanol–water partition coefficient (Wildman–Crippen LogP) is 2.93. The van der Waals surface area contributed by atoms with Crippen LogP contribution in [0.25, 0.3) is 0 Å². The van der Waals surface area contributed by atoms with Crippen LogP contribution >= 0.6 is 0 Å². The van der Waals surface area contributed by atoms with Crippen LogP contribution in [-0.4, -0.2) is 11.6 Å². The summed E-state index contributed by atoms with van der Waals surface area (Å²) in [6.45, 7) is 11.5. The van der Waals surface area contributed by atoms with Gasteiger partial charge in [-0.25, -0.2) is 4.79 Å². The average molecular weight is 184 g/mol. The van der Waals surface area contributed by atoms with Crippen LogP contribution < -0.4 is 0 Å². The lowest BCUT2D eigenvalue weighted by molar-refractivity contribution is -0.150. The summed E-state index contributed by atoms with van der Waals surface area (Å²) >= 11 is 0. The first-order valence-corrected chi connectivity index (χ1v) is 4.67. The topological polar surface area (TPSA) is 26.3 Å². The first-order chi connectivity index (χ1) is 5.78. The third-order valence-corrected chi connectivity index (χ3v) is 1.57. The Morgan fingerprint density at radius 2 is 1.77 bits per heavy atom. The van der Waals surface area contributed by atoms with Gasteiger partial charge < -0.3 is 4.74 Å². The fourth-order valence-corrected chi connectivity index (χ4v) is 1.02. The predicted molar refractivity (Wildman–Crippen MR) is 54.4 cm³/mol. The molecule has 0 aromatic heterocycles. The molecular weight excluding hydrogens is 164 g/mol. The van der Waals surface area contributed by atoms with E-state index in [4.69, 9.17) is 4.74 Å². The maximum atomic E-state index is 11.5. The zero-order chi connectivity index (χ0) is 10.6. The van der Waals surface area contributed by atoms with Gasteiger partial charge in [-0.2, -0.15) is 0 Å². The zero-order valence-corrected chi connectivity index (χ0v) is 9.47. The van der Waals surface area contributed by atoms with Crippen LogP contribution in [0.2, 0.25) is 0 Å². The van der Waals surface area contributed by atoms with Crippen molar-refractivity contribution in [1.29, 1.82) is 0 Å². The molecule has 0 aliphatic rings. The molecule has 0 aromatic carbocycles. The third-order valence-electron chi connectivity index (χ3n) is 1.57. The van der Waals surface area contributed by atoms with Crippen molar-refractivity contribution in [2.45, 2.75) is 47.1 Å². The molecule has 0 saturated carbocycles. The second kappa shape index (κ2) is 4.45. The Hall–Kier alpha value is -0.790. The summed E-state index contributed by atoms with van der Waals surface area (Å²) in [6.07, 6.45) is 1.82. The number of rotatable bonds is 2. The molecule has 0 unspecified atom stereocenters. The molecule has 2 nitrogen and oxygen atoms in total. The Bertz CT molecular complexity index is 207. The van der Waals surface area contributed by atoms with Gasteiger partial charge in [0.15, 0.2) is 0 Å². The molecule has 0 N–H and O–H groups in total. The van der Waals surface area contributed by atoms with Crippen molar-refractivity contribution in [3.05, 3.63) is 11.6 Å². The summed E-state index contributed by atoms with van der Waals surface area (Å²) in [5.41, 5.74) is 0.343. The maximum Gasteiger partial charge on any atom is 0.334 e. The quantitative estimate of drug-likeness (QED) is 0.487. The van der Waals surface area contributed by atoms with E-state index in [1.807, 2.05) is 47.6 Å². The van der Waals surface area contributed by atoms with Crippen molar-refractivity contribution in [1.82, 2.24) is 0 Å². The summed E-state index contributed by atoms with van der Waals surface area (Å²) in [4.78, 5) is 11.5. The molecule has 0 aliphatic carbocycles. The molecule has 0 aliphatic heterocycles. The molecule has 0 aromatic rings. The summed E-state index contributed by atoms with van der Waals surface area (Å²) in [7, 11) is 0. The molecule has 0 spiro atoms. The molecule has 0 rings (SSSR count). The number of carbonyl (C=O) groups is 1. The van der Waals surface area contributed by atoms with Gasteiger partial charge in [0.1, 0.15) is 5.60 Å². The van der Waals surface area contributed by atoms with Gasteiger partial charge >= 0.3 is 5.97 Å². The molecule has 2 heteroatoms. The van der Waals surface area contributed by atoms with Crippen LogP contribution in [0.4, 0.5) is 0 Å².